The van der Waals surface area contributed by atoms with Crippen molar-refractivity contribution in [1.29, 1.82) is 0 Å². The highest BCUT2D eigenvalue weighted by Gasteiger charge is 2.27. The minimum atomic E-state index is -4.43. The van der Waals surface area contributed by atoms with Crippen LogP contribution in [0.2, 0.25) is 0 Å². The minimum absolute atomic E-state index is 0.0479. The number of carbonyl (C=O) groups is 1. The van der Waals surface area contributed by atoms with E-state index in [0.717, 1.165) is 17.7 Å². The molecule has 9 nitrogen and oxygen atoms in total. The summed E-state index contributed by atoms with van der Waals surface area (Å²) in [5, 5.41) is 11.1. The van der Waals surface area contributed by atoms with Crippen molar-refractivity contribution in [3.63, 3.8) is 0 Å². The van der Waals surface area contributed by atoms with E-state index in [0.29, 0.717) is 11.1 Å². The van der Waals surface area contributed by atoms with Gasteiger partial charge in [-0.25, -0.2) is 9.79 Å². The predicted octanol–water partition coefficient (Wildman–Crippen LogP) is 4.02. The van der Waals surface area contributed by atoms with Gasteiger partial charge in [0.05, 0.1) is 4.92 Å². The van der Waals surface area contributed by atoms with Crippen LogP contribution in [0, 0.1) is 17.0 Å². The van der Waals surface area contributed by atoms with Crippen molar-refractivity contribution in [3.05, 3.63) is 105 Å². The van der Waals surface area contributed by atoms with Crippen molar-refractivity contribution in [3.8, 4) is 5.75 Å². The third kappa shape index (κ3) is 4.80. The number of cyclic esters (lactones) is 1. The van der Waals surface area contributed by atoms with Crippen LogP contribution in [0.4, 0.5) is 5.69 Å². The van der Waals surface area contributed by atoms with E-state index in [2.05, 4.69) is 4.99 Å². The molecule has 0 fully saturated rings. The normalized spacial score (nSPS) is 14.6. The summed E-state index contributed by atoms with van der Waals surface area (Å²) in [6.07, 6.45) is 1.49. The number of ether oxygens (including phenoxy) is 1. The van der Waals surface area contributed by atoms with Crippen LogP contribution in [-0.4, -0.2) is 25.2 Å². The molecule has 1 heterocycles. The molecule has 0 radical (unpaired) electrons. The van der Waals surface area contributed by atoms with Crippen molar-refractivity contribution in [1.82, 2.24) is 0 Å². The van der Waals surface area contributed by atoms with Crippen molar-refractivity contribution in [2.45, 2.75) is 11.8 Å². The SMILES string of the molecule is Cc1cccc(C2=N/C(=C/c3ccc(OS(=O)(=O)c4ccccc4[N+](=O)[O-])cc3)C(=O)O2)c1. The predicted molar refractivity (Wildman–Crippen MR) is 119 cm³/mol. The van der Waals surface area contributed by atoms with Gasteiger partial charge in [0.1, 0.15) is 5.75 Å². The first-order chi connectivity index (χ1) is 15.7. The third-order valence-corrected chi connectivity index (χ3v) is 5.90. The molecule has 0 bridgehead atoms. The molecule has 0 saturated carbocycles. The van der Waals surface area contributed by atoms with Crippen molar-refractivity contribution < 1.29 is 27.1 Å². The molecule has 0 saturated heterocycles. The number of aliphatic imine (C=N–C) groups is 1. The largest absolute Gasteiger partial charge is 0.402 e. The van der Waals surface area contributed by atoms with Gasteiger partial charge in [-0.05, 0) is 48.9 Å². The Balaban J connectivity index is 1.55. The van der Waals surface area contributed by atoms with Crippen LogP contribution in [0.25, 0.3) is 6.08 Å². The summed E-state index contributed by atoms with van der Waals surface area (Å²) in [5.41, 5.74) is 1.73. The van der Waals surface area contributed by atoms with Gasteiger partial charge in [-0.2, -0.15) is 8.42 Å². The lowest BCUT2D eigenvalue weighted by molar-refractivity contribution is -0.387. The summed E-state index contributed by atoms with van der Waals surface area (Å²) in [6, 6.07) is 18.1. The van der Waals surface area contributed by atoms with Crippen LogP contribution in [0.15, 0.2) is 88.4 Å². The molecule has 0 N–H and O–H groups in total. The average Bonchev–Trinajstić information content (AvgIpc) is 3.15. The Morgan fingerprint density at radius 2 is 1.76 bits per heavy atom. The summed E-state index contributed by atoms with van der Waals surface area (Å²) in [6.45, 7) is 1.91. The van der Waals surface area contributed by atoms with Crippen LogP contribution in [-0.2, 0) is 19.6 Å². The maximum absolute atomic E-state index is 12.5. The zero-order valence-corrected chi connectivity index (χ0v) is 18.0. The Hall–Kier alpha value is -4.31. The number of carbonyl (C=O) groups excluding carboxylic acids is 1. The fraction of sp³-hybridized carbons (Fsp3) is 0.0435. The Morgan fingerprint density at radius 3 is 2.45 bits per heavy atom. The molecule has 3 aromatic carbocycles. The van der Waals surface area contributed by atoms with E-state index in [9.17, 15) is 23.3 Å². The van der Waals surface area contributed by atoms with Gasteiger partial charge < -0.3 is 8.92 Å². The topological polar surface area (TPSA) is 125 Å². The second kappa shape index (κ2) is 8.67. The molecule has 0 unspecified atom stereocenters. The molecule has 4 rings (SSSR count). The summed E-state index contributed by atoms with van der Waals surface area (Å²) in [5.74, 6) is -0.454. The number of para-hydroxylation sites is 1. The van der Waals surface area contributed by atoms with Gasteiger partial charge in [0.25, 0.3) is 5.69 Å². The summed E-state index contributed by atoms with van der Waals surface area (Å²) < 4.78 is 35.3. The van der Waals surface area contributed by atoms with Gasteiger partial charge in [0.15, 0.2) is 10.6 Å². The zero-order valence-electron chi connectivity index (χ0n) is 17.2. The van der Waals surface area contributed by atoms with Crippen LogP contribution < -0.4 is 4.18 Å². The fourth-order valence-electron chi connectivity index (χ4n) is 3.08. The smallest absolute Gasteiger partial charge is 0.363 e. The highest BCUT2D eigenvalue weighted by molar-refractivity contribution is 7.87. The van der Waals surface area contributed by atoms with E-state index in [1.807, 2.05) is 25.1 Å². The van der Waals surface area contributed by atoms with Crippen LogP contribution in [0.5, 0.6) is 5.75 Å². The maximum atomic E-state index is 12.5. The second-order valence-electron chi connectivity index (χ2n) is 7.04. The summed E-state index contributed by atoms with van der Waals surface area (Å²) >= 11 is 0. The quantitative estimate of drug-likeness (QED) is 0.177. The highest BCUT2D eigenvalue weighted by atomic mass is 32.2. The molecule has 33 heavy (non-hydrogen) atoms. The highest BCUT2D eigenvalue weighted by Crippen LogP contribution is 2.27. The van der Waals surface area contributed by atoms with Gasteiger partial charge in [0.2, 0.25) is 5.90 Å². The first kappa shape index (κ1) is 21.9. The van der Waals surface area contributed by atoms with Crippen LogP contribution in [0.3, 0.4) is 0 Å². The van der Waals surface area contributed by atoms with Gasteiger partial charge >= 0.3 is 16.1 Å². The van der Waals surface area contributed by atoms with Crippen molar-refractivity contribution >= 4 is 33.7 Å². The number of nitro groups is 1. The standard InChI is InChI=1S/C23H16N2O7S/c1-15-5-4-6-17(13-15)22-24-19(23(26)31-22)14-16-9-11-18(12-10-16)32-33(29,30)21-8-3-2-7-20(21)25(27)28/h2-14H,1H3/b19-14+. The monoisotopic (exact) mass is 464 g/mol. The maximum Gasteiger partial charge on any atom is 0.363 e. The molecule has 0 aromatic heterocycles. The van der Waals surface area contributed by atoms with Crippen molar-refractivity contribution in [2.24, 2.45) is 4.99 Å². The Labute approximate surface area is 188 Å². The number of rotatable bonds is 6. The molecular formula is C23H16N2O7S. The molecule has 166 valence electrons. The molecule has 0 aliphatic carbocycles. The number of hydrogen-bond acceptors (Lipinski definition) is 8. The lowest BCUT2D eigenvalue weighted by Crippen LogP contribution is -2.11. The van der Waals surface area contributed by atoms with E-state index >= 15 is 0 Å². The zero-order chi connectivity index (χ0) is 23.6. The van der Waals surface area contributed by atoms with E-state index in [1.54, 1.807) is 6.07 Å². The van der Waals surface area contributed by atoms with Gasteiger partial charge in [-0.1, -0.05) is 42.0 Å². The van der Waals surface area contributed by atoms with Gasteiger partial charge in [-0.15, -0.1) is 0 Å². The van der Waals surface area contributed by atoms with E-state index in [1.165, 1.54) is 42.5 Å². The lowest BCUT2D eigenvalue weighted by Gasteiger charge is -2.07. The average molecular weight is 464 g/mol. The van der Waals surface area contributed by atoms with Gasteiger partial charge in [0, 0.05) is 11.6 Å². The Morgan fingerprint density at radius 1 is 1.03 bits per heavy atom. The number of aryl methyl sites for hydroxylation is 1. The number of hydrogen-bond donors (Lipinski definition) is 0. The van der Waals surface area contributed by atoms with Gasteiger partial charge in [-0.3, -0.25) is 10.1 Å². The fourth-order valence-corrected chi connectivity index (χ4v) is 4.18. The first-order valence-electron chi connectivity index (χ1n) is 9.60. The molecule has 0 amide bonds. The molecule has 3 aromatic rings. The van der Waals surface area contributed by atoms with Crippen LogP contribution in [0.1, 0.15) is 16.7 Å². The third-order valence-electron chi connectivity index (χ3n) is 4.61. The molecule has 0 atom stereocenters. The number of benzene rings is 3. The van der Waals surface area contributed by atoms with Crippen molar-refractivity contribution in [2.75, 3.05) is 0 Å². The van der Waals surface area contributed by atoms with Crippen LogP contribution >= 0.6 is 0 Å². The molecular weight excluding hydrogens is 448 g/mol. The Kier molecular flexibility index (Phi) is 5.76. The lowest BCUT2D eigenvalue weighted by atomic mass is 10.1. The number of nitro benzene ring substituents is 1. The molecule has 10 heteroatoms. The molecule has 1 aliphatic rings. The Bertz CT molecular complexity index is 1430. The molecule has 0 spiro atoms. The second-order valence-corrected chi connectivity index (χ2v) is 8.55. The van der Waals surface area contributed by atoms with E-state index in [-0.39, 0.29) is 17.3 Å². The minimum Gasteiger partial charge on any atom is -0.402 e. The summed E-state index contributed by atoms with van der Waals surface area (Å²) in [4.78, 5) is 26.2. The number of esters is 1. The van der Waals surface area contributed by atoms with E-state index < -0.39 is 31.6 Å². The summed E-state index contributed by atoms with van der Waals surface area (Å²) in [7, 11) is -4.43. The number of nitrogens with zero attached hydrogens (tertiary/aromatic N) is 2. The van der Waals surface area contributed by atoms with E-state index in [4.69, 9.17) is 8.92 Å². The molecule has 1 aliphatic heterocycles. The first-order valence-corrected chi connectivity index (χ1v) is 11.0.